The standard InChI is InChI=1S/C12H9Cl2N3O/c13-8-2-1-3-10(6-8)16-12(18)17-11-7-9(14)4-5-15-11/h1-7H,(H2,15,16,17,18). The fourth-order valence-corrected chi connectivity index (χ4v) is 1.67. The zero-order valence-electron chi connectivity index (χ0n) is 9.15. The molecule has 1 aromatic heterocycles. The molecule has 0 radical (unpaired) electrons. The predicted octanol–water partition coefficient (Wildman–Crippen LogP) is 4.03. The Kier molecular flexibility index (Phi) is 4.02. The molecule has 0 fully saturated rings. The molecular weight excluding hydrogens is 273 g/mol. The van der Waals surface area contributed by atoms with Gasteiger partial charge in [0.2, 0.25) is 0 Å². The summed E-state index contributed by atoms with van der Waals surface area (Å²) in [7, 11) is 0. The van der Waals surface area contributed by atoms with Gasteiger partial charge in [-0.2, -0.15) is 0 Å². The summed E-state index contributed by atoms with van der Waals surface area (Å²) in [5.41, 5.74) is 0.599. The maximum absolute atomic E-state index is 11.7. The highest BCUT2D eigenvalue weighted by Gasteiger charge is 2.04. The molecule has 0 saturated carbocycles. The van der Waals surface area contributed by atoms with Gasteiger partial charge in [0.05, 0.1) is 0 Å². The Morgan fingerprint density at radius 3 is 2.56 bits per heavy atom. The summed E-state index contributed by atoms with van der Waals surface area (Å²) in [5.74, 6) is 0.377. The Bertz CT molecular complexity index is 525. The highest BCUT2D eigenvalue weighted by Crippen LogP contribution is 2.16. The zero-order valence-corrected chi connectivity index (χ0v) is 10.7. The van der Waals surface area contributed by atoms with E-state index in [1.807, 2.05) is 0 Å². The maximum Gasteiger partial charge on any atom is 0.324 e. The second kappa shape index (κ2) is 5.71. The van der Waals surface area contributed by atoms with Gasteiger partial charge in [0, 0.05) is 21.9 Å². The number of urea groups is 1. The SMILES string of the molecule is O=C(Nc1cccc(Cl)c1)Nc1cc(Cl)ccn1. The number of benzene rings is 1. The summed E-state index contributed by atoms with van der Waals surface area (Å²) in [6, 6.07) is 9.62. The minimum Gasteiger partial charge on any atom is -0.308 e. The minimum absolute atomic E-state index is 0.377. The van der Waals surface area contributed by atoms with Crippen LogP contribution in [-0.4, -0.2) is 11.0 Å². The first-order valence-corrected chi connectivity index (χ1v) is 5.84. The number of aromatic nitrogens is 1. The van der Waals surface area contributed by atoms with Crippen molar-refractivity contribution in [2.45, 2.75) is 0 Å². The van der Waals surface area contributed by atoms with Crippen LogP contribution in [0.15, 0.2) is 42.6 Å². The molecule has 2 N–H and O–H groups in total. The number of nitrogens with zero attached hydrogens (tertiary/aromatic N) is 1. The van der Waals surface area contributed by atoms with Gasteiger partial charge in [-0.1, -0.05) is 29.3 Å². The number of nitrogens with one attached hydrogen (secondary N) is 2. The van der Waals surface area contributed by atoms with E-state index in [0.717, 1.165) is 0 Å². The quantitative estimate of drug-likeness (QED) is 0.873. The van der Waals surface area contributed by atoms with Crippen LogP contribution in [0, 0.1) is 0 Å². The largest absolute Gasteiger partial charge is 0.324 e. The normalized spacial score (nSPS) is 9.89. The van der Waals surface area contributed by atoms with E-state index in [1.54, 1.807) is 36.4 Å². The van der Waals surface area contributed by atoms with Gasteiger partial charge >= 0.3 is 6.03 Å². The average Bonchev–Trinajstić information content (AvgIpc) is 2.28. The van der Waals surface area contributed by atoms with Crippen molar-refractivity contribution in [3.05, 3.63) is 52.6 Å². The molecule has 1 aromatic carbocycles. The topological polar surface area (TPSA) is 54.0 Å². The summed E-state index contributed by atoms with van der Waals surface area (Å²) < 4.78 is 0. The van der Waals surface area contributed by atoms with Crippen LogP contribution in [0.5, 0.6) is 0 Å². The summed E-state index contributed by atoms with van der Waals surface area (Å²) in [4.78, 5) is 15.6. The second-order valence-electron chi connectivity index (χ2n) is 3.45. The van der Waals surface area contributed by atoms with E-state index in [-0.39, 0.29) is 0 Å². The van der Waals surface area contributed by atoms with Crippen molar-refractivity contribution in [1.29, 1.82) is 0 Å². The summed E-state index contributed by atoms with van der Waals surface area (Å²) in [6.45, 7) is 0. The Morgan fingerprint density at radius 1 is 1.06 bits per heavy atom. The third-order valence-electron chi connectivity index (χ3n) is 2.05. The number of hydrogen-bond donors (Lipinski definition) is 2. The van der Waals surface area contributed by atoms with Gasteiger partial charge in [0.1, 0.15) is 5.82 Å². The number of amides is 2. The minimum atomic E-state index is -0.410. The lowest BCUT2D eigenvalue weighted by atomic mass is 10.3. The van der Waals surface area contributed by atoms with Gasteiger partial charge in [-0.15, -0.1) is 0 Å². The lowest BCUT2D eigenvalue weighted by Gasteiger charge is -2.07. The van der Waals surface area contributed by atoms with E-state index in [2.05, 4.69) is 15.6 Å². The van der Waals surface area contributed by atoms with E-state index in [1.165, 1.54) is 6.20 Å². The number of hydrogen-bond acceptors (Lipinski definition) is 2. The molecular formula is C12H9Cl2N3O. The molecule has 2 aromatic rings. The van der Waals surface area contributed by atoms with Crippen molar-refractivity contribution < 1.29 is 4.79 Å². The monoisotopic (exact) mass is 281 g/mol. The lowest BCUT2D eigenvalue weighted by molar-refractivity contribution is 0.262. The van der Waals surface area contributed by atoms with Crippen molar-refractivity contribution in [2.24, 2.45) is 0 Å². The summed E-state index contributed by atoms with van der Waals surface area (Å²) in [5, 5.41) is 6.25. The van der Waals surface area contributed by atoms with Crippen molar-refractivity contribution in [3.8, 4) is 0 Å². The third kappa shape index (κ3) is 3.61. The molecule has 6 heteroatoms. The summed E-state index contributed by atoms with van der Waals surface area (Å²) in [6.07, 6.45) is 1.51. The first-order chi connectivity index (χ1) is 8.63. The van der Waals surface area contributed by atoms with Gasteiger partial charge in [0.15, 0.2) is 0 Å². The number of anilines is 2. The van der Waals surface area contributed by atoms with Crippen LogP contribution >= 0.6 is 23.2 Å². The van der Waals surface area contributed by atoms with Gasteiger partial charge in [-0.3, -0.25) is 5.32 Å². The molecule has 0 saturated heterocycles. The number of carbonyl (C=O) groups is 1. The molecule has 0 atom stereocenters. The molecule has 2 amide bonds. The second-order valence-corrected chi connectivity index (χ2v) is 4.32. The smallest absolute Gasteiger partial charge is 0.308 e. The summed E-state index contributed by atoms with van der Waals surface area (Å²) >= 11 is 11.6. The molecule has 92 valence electrons. The number of pyridine rings is 1. The van der Waals surface area contributed by atoms with E-state index in [0.29, 0.717) is 21.6 Å². The van der Waals surface area contributed by atoms with Crippen molar-refractivity contribution in [2.75, 3.05) is 10.6 Å². The number of carbonyl (C=O) groups excluding carboxylic acids is 1. The van der Waals surface area contributed by atoms with Gasteiger partial charge in [0.25, 0.3) is 0 Å². The van der Waals surface area contributed by atoms with Gasteiger partial charge < -0.3 is 5.32 Å². The molecule has 4 nitrogen and oxygen atoms in total. The fraction of sp³-hybridized carbons (Fsp3) is 0. The first-order valence-electron chi connectivity index (χ1n) is 5.08. The average molecular weight is 282 g/mol. The van der Waals surface area contributed by atoms with Crippen LogP contribution in [0.25, 0.3) is 0 Å². The van der Waals surface area contributed by atoms with Crippen LogP contribution in [0.4, 0.5) is 16.3 Å². The van der Waals surface area contributed by atoms with Crippen LogP contribution in [0.3, 0.4) is 0 Å². The Hall–Kier alpha value is -1.78. The molecule has 0 unspecified atom stereocenters. The Balaban J connectivity index is 2.01. The van der Waals surface area contributed by atoms with Crippen molar-refractivity contribution >= 4 is 40.7 Å². The zero-order chi connectivity index (χ0) is 13.0. The Labute approximate surface area is 114 Å². The van der Waals surface area contributed by atoms with Crippen LogP contribution < -0.4 is 10.6 Å². The molecule has 2 rings (SSSR count). The predicted molar refractivity (Wildman–Crippen MR) is 73.3 cm³/mol. The van der Waals surface area contributed by atoms with E-state index < -0.39 is 6.03 Å². The third-order valence-corrected chi connectivity index (χ3v) is 2.52. The first kappa shape index (κ1) is 12.7. The van der Waals surface area contributed by atoms with Crippen LogP contribution in [-0.2, 0) is 0 Å². The fourth-order valence-electron chi connectivity index (χ4n) is 1.32. The van der Waals surface area contributed by atoms with Crippen LogP contribution in [0.1, 0.15) is 0 Å². The van der Waals surface area contributed by atoms with Gasteiger partial charge in [-0.25, -0.2) is 9.78 Å². The number of rotatable bonds is 2. The molecule has 0 aliphatic heterocycles. The molecule has 18 heavy (non-hydrogen) atoms. The molecule has 0 bridgehead atoms. The molecule has 1 heterocycles. The van der Waals surface area contributed by atoms with Crippen molar-refractivity contribution in [1.82, 2.24) is 4.98 Å². The Morgan fingerprint density at radius 2 is 1.83 bits per heavy atom. The number of halogens is 2. The van der Waals surface area contributed by atoms with Gasteiger partial charge in [-0.05, 0) is 30.3 Å². The molecule has 0 aliphatic carbocycles. The van der Waals surface area contributed by atoms with Crippen LogP contribution in [0.2, 0.25) is 10.0 Å². The highest BCUT2D eigenvalue weighted by molar-refractivity contribution is 6.31. The highest BCUT2D eigenvalue weighted by atomic mass is 35.5. The molecule has 0 spiro atoms. The van der Waals surface area contributed by atoms with Crippen molar-refractivity contribution in [3.63, 3.8) is 0 Å². The lowest BCUT2D eigenvalue weighted by Crippen LogP contribution is -2.19. The van der Waals surface area contributed by atoms with E-state index in [9.17, 15) is 4.79 Å². The molecule has 0 aliphatic rings. The van der Waals surface area contributed by atoms with E-state index in [4.69, 9.17) is 23.2 Å². The maximum atomic E-state index is 11.7. The van der Waals surface area contributed by atoms with E-state index >= 15 is 0 Å².